The number of hydrogen-bond acceptors (Lipinski definition) is 5. The van der Waals surface area contributed by atoms with E-state index in [2.05, 4.69) is 22.8 Å². The lowest BCUT2D eigenvalue weighted by Crippen LogP contribution is -2.27. The number of hydrogen-bond donors (Lipinski definition) is 2. The molecule has 2 rings (SSSR count). The largest absolute Gasteiger partial charge is 0.477 e. The number of esters is 1. The van der Waals surface area contributed by atoms with Crippen molar-refractivity contribution in [2.75, 3.05) is 12.4 Å². The zero-order valence-corrected chi connectivity index (χ0v) is 12.5. The van der Waals surface area contributed by atoms with Crippen molar-refractivity contribution in [3.63, 3.8) is 0 Å². The second-order valence-corrected chi connectivity index (χ2v) is 4.76. The second-order valence-electron chi connectivity index (χ2n) is 4.39. The van der Waals surface area contributed by atoms with Crippen LogP contribution >= 0.6 is 12.6 Å². The number of ether oxygens (including phenoxy) is 2. The molecule has 6 heteroatoms. The first-order valence-corrected chi connectivity index (χ1v) is 7.22. The fourth-order valence-electron chi connectivity index (χ4n) is 2.08. The van der Waals surface area contributed by atoms with Crippen LogP contribution in [0.3, 0.4) is 0 Å². The van der Waals surface area contributed by atoms with Crippen LogP contribution in [0.15, 0.2) is 41.9 Å². The minimum Gasteiger partial charge on any atom is -0.477 e. The normalized spacial score (nSPS) is 22.7. The van der Waals surface area contributed by atoms with Gasteiger partial charge in [-0.1, -0.05) is 30.3 Å². The summed E-state index contributed by atoms with van der Waals surface area (Å²) < 4.78 is 10.6. The van der Waals surface area contributed by atoms with Gasteiger partial charge < -0.3 is 14.8 Å². The lowest BCUT2D eigenvalue weighted by atomic mass is 10.0. The molecule has 0 amide bonds. The Labute approximate surface area is 129 Å². The molecule has 1 aliphatic heterocycles. The average molecular weight is 304 g/mol. The van der Waals surface area contributed by atoms with Gasteiger partial charge in [-0.3, -0.25) is 4.79 Å². The Morgan fingerprint density at radius 2 is 2.19 bits per heavy atom. The molecule has 1 aliphatic rings. The molecule has 1 heterocycles. The number of rotatable bonds is 4. The lowest BCUT2D eigenvalue weighted by molar-refractivity contribution is -0.138. The molecule has 0 saturated carbocycles. The van der Waals surface area contributed by atoms with Crippen molar-refractivity contribution < 1.29 is 14.3 Å². The number of thiol groups is 1. The van der Waals surface area contributed by atoms with Crippen LogP contribution in [0.5, 0.6) is 0 Å². The second kappa shape index (κ2) is 7.04. The van der Waals surface area contributed by atoms with Gasteiger partial charge in [0.1, 0.15) is 6.10 Å². The van der Waals surface area contributed by atoms with Crippen molar-refractivity contribution in [1.29, 1.82) is 0 Å². The number of benzene rings is 1. The molecular formula is C15H16N2O3S. The van der Waals surface area contributed by atoms with E-state index in [9.17, 15) is 4.79 Å². The molecule has 1 aromatic carbocycles. The summed E-state index contributed by atoms with van der Waals surface area (Å²) in [5, 5.41) is 3.05. The molecule has 0 radical (unpaired) electrons. The van der Waals surface area contributed by atoms with Crippen molar-refractivity contribution in [2.45, 2.75) is 19.1 Å². The highest BCUT2D eigenvalue weighted by molar-refractivity contribution is 7.80. The van der Waals surface area contributed by atoms with Crippen LogP contribution in [-0.4, -0.2) is 24.4 Å². The molecule has 0 bridgehead atoms. The first-order chi connectivity index (χ1) is 10.2. The Morgan fingerprint density at radius 3 is 2.76 bits per heavy atom. The zero-order chi connectivity index (χ0) is 15.2. The molecule has 1 aromatic rings. The molecular weight excluding hydrogens is 288 g/mol. The molecule has 5 nitrogen and oxygen atoms in total. The minimum atomic E-state index is -0.679. The van der Waals surface area contributed by atoms with Gasteiger partial charge >= 0.3 is 11.7 Å². The van der Waals surface area contributed by atoms with E-state index in [1.54, 1.807) is 6.92 Å². The quantitative estimate of drug-likeness (QED) is 0.388. The van der Waals surface area contributed by atoms with Crippen molar-refractivity contribution in [3.05, 3.63) is 58.9 Å². The summed E-state index contributed by atoms with van der Waals surface area (Å²) in [5.41, 5.74) is 0.800. The monoisotopic (exact) mass is 304 g/mol. The summed E-state index contributed by atoms with van der Waals surface area (Å²) >= 11 is 4.30. The molecule has 0 aromatic heterocycles. The number of nitrogens with zero attached hydrogens (tertiary/aromatic N) is 1. The molecule has 1 N–H and O–H groups in total. The van der Waals surface area contributed by atoms with Crippen LogP contribution in [0.4, 0.5) is 0 Å². The highest BCUT2D eigenvalue weighted by atomic mass is 32.1. The molecule has 1 fully saturated rings. The first kappa shape index (κ1) is 15.3. The maximum absolute atomic E-state index is 11.8. The molecule has 2 unspecified atom stereocenters. The van der Waals surface area contributed by atoms with Crippen LogP contribution in [0.1, 0.15) is 18.6 Å². The van der Waals surface area contributed by atoms with Gasteiger partial charge in [0, 0.05) is 5.75 Å². The topological polar surface area (TPSA) is 51.9 Å². The zero-order valence-electron chi connectivity index (χ0n) is 11.6. The molecule has 110 valence electrons. The van der Waals surface area contributed by atoms with E-state index in [4.69, 9.17) is 16.0 Å². The predicted octanol–water partition coefficient (Wildman–Crippen LogP) is 2.30. The average Bonchev–Trinajstić information content (AvgIpc) is 2.93. The van der Waals surface area contributed by atoms with Crippen molar-refractivity contribution in [2.24, 2.45) is 0 Å². The van der Waals surface area contributed by atoms with E-state index < -0.39 is 5.97 Å². The highest BCUT2D eigenvalue weighted by Crippen LogP contribution is 2.32. The summed E-state index contributed by atoms with van der Waals surface area (Å²) in [5.74, 6) is -0.00468. The standard InChI is InChI=1S/C15H16N2O3S/c1-3-19-15(18)12(16-2)14-17-11(9-21)13(20-14)10-7-5-4-6-8-10/h4-8,11,13,17,21H,3,9H2,1H3. The Hall–Kier alpha value is -2.13. The van der Waals surface area contributed by atoms with E-state index in [1.807, 2.05) is 30.3 Å². The first-order valence-electron chi connectivity index (χ1n) is 6.59. The predicted molar refractivity (Wildman–Crippen MR) is 81.3 cm³/mol. The number of nitrogens with one attached hydrogen (secondary N) is 1. The molecule has 21 heavy (non-hydrogen) atoms. The fraction of sp³-hybridized carbons (Fsp3) is 0.333. The Bertz CT molecular complexity index is 580. The summed E-state index contributed by atoms with van der Waals surface area (Å²) in [7, 11) is 0. The fourth-order valence-corrected chi connectivity index (χ4v) is 2.37. The SMILES string of the molecule is [C-]#[N+]C(C(=O)OCC)=C1NC(CS)C(c2ccccc2)O1. The van der Waals surface area contributed by atoms with E-state index in [0.717, 1.165) is 5.56 Å². The Morgan fingerprint density at radius 1 is 1.48 bits per heavy atom. The smallest absolute Gasteiger partial charge is 0.341 e. The van der Waals surface area contributed by atoms with Gasteiger partial charge in [0.05, 0.1) is 19.2 Å². The molecule has 2 atom stereocenters. The minimum absolute atomic E-state index is 0.114. The summed E-state index contributed by atoms with van der Waals surface area (Å²) in [6.45, 7) is 9.06. The third kappa shape index (κ3) is 3.31. The van der Waals surface area contributed by atoms with Gasteiger partial charge in [-0.25, -0.2) is 4.85 Å². The Balaban J connectivity index is 2.29. The molecule has 1 saturated heterocycles. The van der Waals surface area contributed by atoms with Crippen LogP contribution in [0, 0.1) is 6.57 Å². The number of carbonyl (C=O) groups excluding carboxylic acids is 1. The van der Waals surface area contributed by atoms with Crippen molar-refractivity contribution >= 4 is 18.6 Å². The van der Waals surface area contributed by atoms with Gasteiger partial charge in [0.25, 0.3) is 0 Å². The van der Waals surface area contributed by atoms with Gasteiger partial charge in [0.15, 0.2) is 5.88 Å². The van der Waals surface area contributed by atoms with Crippen LogP contribution < -0.4 is 5.32 Å². The third-order valence-electron chi connectivity index (χ3n) is 3.05. The number of carbonyl (C=O) groups is 1. The van der Waals surface area contributed by atoms with E-state index >= 15 is 0 Å². The van der Waals surface area contributed by atoms with E-state index in [-0.39, 0.29) is 30.3 Å². The summed E-state index contributed by atoms with van der Waals surface area (Å²) in [4.78, 5) is 15.0. The third-order valence-corrected chi connectivity index (χ3v) is 3.44. The van der Waals surface area contributed by atoms with Crippen molar-refractivity contribution in [1.82, 2.24) is 5.32 Å². The van der Waals surface area contributed by atoms with E-state index in [0.29, 0.717) is 5.75 Å². The summed E-state index contributed by atoms with van der Waals surface area (Å²) in [6, 6.07) is 9.51. The molecule has 0 spiro atoms. The highest BCUT2D eigenvalue weighted by Gasteiger charge is 2.35. The van der Waals surface area contributed by atoms with Crippen molar-refractivity contribution in [3.8, 4) is 0 Å². The summed E-state index contributed by atoms with van der Waals surface area (Å²) in [6.07, 6.45) is -0.287. The molecule has 0 aliphatic carbocycles. The van der Waals surface area contributed by atoms with Crippen LogP contribution in [-0.2, 0) is 14.3 Å². The van der Waals surface area contributed by atoms with Crippen LogP contribution in [0.2, 0.25) is 0 Å². The van der Waals surface area contributed by atoms with Gasteiger partial charge in [-0.2, -0.15) is 12.6 Å². The van der Waals surface area contributed by atoms with Crippen LogP contribution in [0.25, 0.3) is 4.85 Å². The van der Waals surface area contributed by atoms with Gasteiger partial charge in [-0.15, -0.1) is 0 Å². The van der Waals surface area contributed by atoms with Gasteiger partial charge in [-0.05, 0) is 12.5 Å². The lowest BCUT2D eigenvalue weighted by Gasteiger charge is -2.15. The van der Waals surface area contributed by atoms with E-state index in [1.165, 1.54) is 0 Å². The maximum Gasteiger partial charge on any atom is 0.341 e. The van der Waals surface area contributed by atoms with Gasteiger partial charge in [0.2, 0.25) is 0 Å². The Kier molecular flexibility index (Phi) is 5.12. The maximum atomic E-state index is 11.8.